The summed E-state index contributed by atoms with van der Waals surface area (Å²) in [6.07, 6.45) is 3.09. The third-order valence-electron chi connectivity index (χ3n) is 3.88. The lowest BCUT2D eigenvalue weighted by atomic mass is 10.0. The van der Waals surface area contributed by atoms with E-state index >= 15 is 0 Å². The summed E-state index contributed by atoms with van der Waals surface area (Å²) in [5.74, 6) is -0.251. The maximum atomic E-state index is 12.2. The third kappa shape index (κ3) is 3.97. The van der Waals surface area contributed by atoms with Crippen LogP contribution < -0.4 is 5.32 Å². The zero-order valence-corrected chi connectivity index (χ0v) is 14.3. The maximum Gasteiger partial charge on any atom is 0.271 e. The molecule has 1 aliphatic rings. The van der Waals surface area contributed by atoms with E-state index in [9.17, 15) is 13.2 Å². The van der Waals surface area contributed by atoms with Crippen molar-refractivity contribution >= 4 is 37.0 Å². The summed E-state index contributed by atoms with van der Waals surface area (Å²) >= 11 is 0.974. The molecule has 5 nitrogen and oxygen atoms in total. The third-order valence-corrected chi connectivity index (χ3v) is 7.18. The number of carbonyl (C=O) groups excluding carboxylic acids is 1. The fourth-order valence-electron chi connectivity index (χ4n) is 2.24. The van der Waals surface area contributed by atoms with Crippen molar-refractivity contribution in [3.63, 3.8) is 0 Å². The van der Waals surface area contributed by atoms with E-state index < -0.39 is 9.05 Å². The van der Waals surface area contributed by atoms with Gasteiger partial charge in [0.2, 0.25) is 0 Å². The molecule has 1 N–H and O–H groups in total. The normalized spacial score (nSPS) is 16.7. The van der Waals surface area contributed by atoms with Crippen LogP contribution >= 0.6 is 22.0 Å². The van der Waals surface area contributed by atoms with Crippen molar-refractivity contribution in [1.82, 2.24) is 5.32 Å². The Labute approximate surface area is 133 Å². The van der Waals surface area contributed by atoms with Crippen molar-refractivity contribution in [2.24, 2.45) is 5.41 Å². The van der Waals surface area contributed by atoms with Crippen LogP contribution in [0.1, 0.15) is 35.2 Å². The molecule has 0 atom stereocenters. The number of carbonyl (C=O) groups is 1. The molecule has 0 unspecified atom stereocenters. The number of thiophene rings is 1. The van der Waals surface area contributed by atoms with Gasteiger partial charge >= 0.3 is 0 Å². The Bertz CT molecular complexity index is 635. The van der Waals surface area contributed by atoms with Crippen LogP contribution in [-0.4, -0.2) is 34.6 Å². The lowest BCUT2D eigenvalue weighted by molar-refractivity contribution is 0.0937. The number of hydrogen-bond acceptors (Lipinski definition) is 5. The summed E-state index contributed by atoms with van der Waals surface area (Å²) in [6, 6.07) is 0. The van der Waals surface area contributed by atoms with Gasteiger partial charge in [-0.05, 0) is 37.2 Å². The molecule has 1 amide bonds. The van der Waals surface area contributed by atoms with Gasteiger partial charge in [0.05, 0.1) is 5.56 Å². The summed E-state index contributed by atoms with van der Waals surface area (Å²) in [5.41, 5.74) is 0.938. The van der Waals surface area contributed by atoms with Gasteiger partial charge in [-0.1, -0.05) is 0 Å². The first kappa shape index (κ1) is 16.7. The molecule has 1 saturated carbocycles. The molecule has 0 saturated heterocycles. The molecule has 1 aromatic heterocycles. The second-order valence-corrected chi connectivity index (χ2v) is 9.07. The molecule has 0 aromatic carbocycles. The standard InChI is InChI=1S/C13H18ClNO4S2/c1-9-10(7-20-12(9)21(14,17)18)11(16)15-8-13(3-4-13)5-6-19-2/h7H,3-6,8H2,1-2H3,(H,15,16). The molecule has 0 radical (unpaired) electrons. The highest BCUT2D eigenvalue weighted by atomic mass is 35.7. The van der Waals surface area contributed by atoms with Gasteiger partial charge in [0.25, 0.3) is 15.0 Å². The number of rotatable bonds is 7. The Morgan fingerprint density at radius 2 is 2.19 bits per heavy atom. The van der Waals surface area contributed by atoms with Crippen molar-refractivity contribution in [2.75, 3.05) is 20.3 Å². The summed E-state index contributed by atoms with van der Waals surface area (Å²) in [7, 11) is 3.20. The molecule has 8 heteroatoms. The molecule has 0 spiro atoms. The average Bonchev–Trinajstić information content (AvgIpc) is 3.07. The van der Waals surface area contributed by atoms with Crippen LogP contribution in [0.25, 0.3) is 0 Å². The lowest BCUT2D eigenvalue weighted by Crippen LogP contribution is -2.31. The molecular weight excluding hydrogens is 334 g/mol. The van der Waals surface area contributed by atoms with E-state index in [1.807, 2.05) is 0 Å². The largest absolute Gasteiger partial charge is 0.385 e. The Balaban J connectivity index is 2.00. The number of ether oxygens (including phenoxy) is 1. The first-order chi connectivity index (χ1) is 9.79. The van der Waals surface area contributed by atoms with Crippen LogP contribution in [0.3, 0.4) is 0 Å². The molecule has 21 heavy (non-hydrogen) atoms. The molecule has 1 aromatic rings. The second kappa shape index (κ2) is 6.24. The number of amides is 1. The van der Waals surface area contributed by atoms with E-state index in [1.54, 1.807) is 14.0 Å². The van der Waals surface area contributed by atoms with Crippen molar-refractivity contribution in [1.29, 1.82) is 0 Å². The average molecular weight is 352 g/mol. The quantitative estimate of drug-likeness (QED) is 0.766. The predicted molar refractivity (Wildman–Crippen MR) is 82.6 cm³/mol. The minimum atomic E-state index is -3.79. The summed E-state index contributed by atoms with van der Waals surface area (Å²) < 4.78 is 27.8. The van der Waals surface area contributed by atoms with Gasteiger partial charge in [0, 0.05) is 36.3 Å². The van der Waals surface area contributed by atoms with Crippen LogP contribution in [0.2, 0.25) is 0 Å². The van der Waals surface area contributed by atoms with Crippen molar-refractivity contribution in [3.05, 3.63) is 16.5 Å². The fraction of sp³-hybridized carbons (Fsp3) is 0.615. The number of halogens is 1. The topological polar surface area (TPSA) is 72.5 Å². The van der Waals surface area contributed by atoms with Gasteiger partial charge in [-0.25, -0.2) is 8.42 Å². The molecular formula is C13H18ClNO4S2. The van der Waals surface area contributed by atoms with E-state index in [4.69, 9.17) is 15.4 Å². The maximum absolute atomic E-state index is 12.2. The van der Waals surface area contributed by atoms with E-state index in [0.717, 1.165) is 30.6 Å². The zero-order chi connectivity index (χ0) is 15.7. The van der Waals surface area contributed by atoms with Gasteiger partial charge in [-0.3, -0.25) is 4.79 Å². The molecule has 1 fully saturated rings. The summed E-state index contributed by atoms with van der Waals surface area (Å²) in [6.45, 7) is 2.87. The smallest absolute Gasteiger partial charge is 0.271 e. The Morgan fingerprint density at radius 1 is 1.52 bits per heavy atom. The summed E-state index contributed by atoms with van der Waals surface area (Å²) in [5, 5.41) is 4.43. The predicted octanol–water partition coefficient (Wildman–Crippen LogP) is 2.53. The lowest BCUT2D eigenvalue weighted by Gasteiger charge is -2.15. The fourth-order valence-corrected chi connectivity index (χ4v) is 4.79. The highest BCUT2D eigenvalue weighted by molar-refractivity contribution is 8.15. The van der Waals surface area contributed by atoms with Gasteiger partial charge in [0.1, 0.15) is 4.21 Å². The monoisotopic (exact) mass is 351 g/mol. The van der Waals surface area contributed by atoms with Gasteiger partial charge in [0.15, 0.2) is 0 Å². The van der Waals surface area contributed by atoms with E-state index in [-0.39, 0.29) is 15.5 Å². The molecule has 1 aliphatic carbocycles. The van der Waals surface area contributed by atoms with E-state index in [0.29, 0.717) is 24.3 Å². The minimum absolute atomic E-state index is 0.0369. The van der Waals surface area contributed by atoms with E-state index in [2.05, 4.69) is 5.32 Å². The van der Waals surface area contributed by atoms with Crippen LogP contribution in [0, 0.1) is 12.3 Å². The van der Waals surface area contributed by atoms with Crippen LogP contribution in [-0.2, 0) is 13.8 Å². The highest BCUT2D eigenvalue weighted by Crippen LogP contribution is 2.48. The van der Waals surface area contributed by atoms with Crippen LogP contribution in [0.15, 0.2) is 9.59 Å². The first-order valence-corrected chi connectivity index (χ1v) is 9.78. The van der Waals surface area contributed by atoms with Gasteiger partial charge in [-0.15, -0.1) is 11.3 Å². The number of nitrogens with one attached hydrogen (secondary N) is 1. The molecule has 0 aliphatic heterocycles. The van der Waals surface area contributed by atoms with Gasteiger partial charge < -0.3 is 10.1 Å². The second-order valence-electron chi connectivity index (χ2n) is 5.43. The Kier molecular flexibility index (Phi) is 4.97. The van der Waals surface area contributed by atoms with Crippen LogP contribution in [0.5, 0.6) is 0 Å². The Hall–Kier alpha value is -0.630. The molecule has 1 heterocycles. The Morgan fingerprint density at radius 3 is 2.67 bits per heavy atom. The van der Waals surface area contributed by atoms with Crippen molar-refractivity contribution < 1.29 is 17.9 Å². The number of hydrogen-bond donors (Lipinski definition) is 1. The van der Waals surface area contributed by atoms with E-state index in [1.165, 1.54) is 5.38 Å². The molecule has 118 valence electrons. The zero-order valence-electron chi connectivity index (χ0n) is 11.9. The van der Waals surface area contributed by atoms with Crippen LogP contribution in [0.4, 0.5) is 0 Å². The number of methoxy groups -OCH3 is 1. The SMILES string of the molecule is COCCC1(CNC(=O)c2csc(S(=O)(=O)Cl)c2C)CC1. The first-order valence-electron chi connectivity index (χ1n) is 6.59. The molecule has 0 bridgehead atoms. The van der Waals surface area contributed by atoms with Gasteiger partial charge in [-0.2, -0.15) is 0 Å². The summed E-state index contributed by atoms with van der Waals surface area (Å²) in [4.78, 5) is 12.2. The minimum Gasteiger partial charge on any atom is -0.385 e. The molecule has 2 rings (SSSR count). The highest BCUT2D eigenvalue weighted by Gasteiger charge is 2.42. The van der Waals surface area contributed by atoms with Crippen molar-refractivity contribution in [2.45, 2.75) is 30.4 Å². The van der Waals surface area contributed by atoms with Crippen molar-refractivity contribution in [3.8, 4) is 0 Å².